The molecule has 2 aliphatic rings. The zero-order valence-corrected chi connectivity index (χ0v) is 10.8. The van der Waals surface area contributed by atoms with Gasteiger partial charge in [0, 0.05) is 18.0 Å². The second kappa shape index (κ2) is 4.41. The highest BCUT2D eigenvalue weighted by Crippen LogP contribution is 2.37. The van der Waals surface area contributed by atoms with E-state index in [4.69, 9.17) is 0 Å². The molecule has 1 aromatic heterocycles. The third-order valence-corrected chi connectivity index (χ3v) is 4.20. The van der Waals surface area contributed by atoms with Gasteiger partial charge in [-0.05, 0) is 39.5 Å². The fourth-order valence-corrected chi connectivity index (χ4v) is 2.86. The summed E-state index contributed by atoms with van der Waals surface area (Å²) in [5.74, 6) is 2.74. The molecule has 0 radical (unpaired) electrons. The van der Waals surface area contributed by atoms with Gasteiger partial charge in [0.25, 0.3) is 0 Å². The Hall–Kier alpha value is -0.900. The van der Waals surface area contributed by atoms with E-state index >= 15 is 0 Å². The second-order valence-electron chi connectivity index (χ2n) is 5.72. The lowest BCUT2D eigenvalue weighted by Gasteiger charge is -2.38. The van der Waals surface area contributed by atoms with Crippen LogP contribution >= 0.6 is 0 Å². The van der Waals surface area contributed by atoms with Crippen molar-refractivity contribution in [1.82, 2.24) is 20.1 Å². The average Bonchev–Trinajstić information content (AvgIpc) is 3.05. The zero-order chi connectivity index (χ0) is 11.8. The predicted molar refractivity (Wildman–Crippen MR) is 66.7 cm³/mol. The maximum atomic E-state index is 4.63. The molecule has 2 fully saturated rings. The van der Waals surface area contributed by atoms with Crippen LogP contribution < -0.4 is 0 Å². The Morgan fingerprint density at radius 2 is 1.88 bits per heavy atom. The summed E-state index contributed by atoms with van der Waals surface area (Å²) in [6.45, 7) is 5.59. The number of hydrogen-bond donors (Lipinski definition) is 1. The Kier molecular flexibility index (Phi) is 2.90. The third kappa shape index (κ3) is 2.37. The van der Waals surface area contributed by atoms with Gasteiger partial charge in [-0.1, -0.05) is 6.42 Å². The summed E-state index contributed by atoms with van der Waals surface area (Å²) in [6.07, 6.45) is 6.53. The minimum absolute atomic E-state index is 0.649. The minimum atomic E-state index is 0.649. The van der Waals surface area contributed by atoms with Crippen molar-refractivity contribution < 1.29 is 0 Å². The lowest BCUT2D eigenvalue weighted by molar-refractivity contribution is 0.0923. The standard InChI is InChI=1S/C13H22N4/c1-9-4-3-5-10(2)17(9)8-12-14-13(16-15-12)11-6-7-11/h9-11H,3-8H2,1-2H3,(H,14,15,16)/t9-,10+. The van der Waals surface area contributed by atoms with Crippen LogP contribution in [0.3, 0.4) is 0 Å². The smallest absolute Gasteiger partial charge is 0.153 e. The van der Waals surface area contributed by atoms with E-state index in [0.29, 0.717) is 18.0 Å². The molecule has 2 atom stereocenters. The topological polar surface area (TPSA) is 44.8 Å². The van der Waals surface area contributed by atoms with Crippen LogP contribution in [0.15, 0.2) is 0 Å². The molecule has 0 aromatic carbocycles. The van der Waals surface area contributed by atoms with Crippen LogP contribution in [0.2, 0.25) is 0 Å². The molecule has 0 amide bonds. The first-order valence-corrected chi connectivity index (χ1v) is 6.91. The molecule has 0 bridgehead atoms. The molecule has 0 spiro atoms. The van der Waals surface area contributed by atoms with E-state index in [0.717, 1.165) is 18.2 Å². The Morgan fingerprint density at radius 3 is 2.53 bits per heavy atom. The summed E-state index contributed by atoms with van der Waals surface area (Å²) in [4.78, 5) is 7.18. The summed E-state index contributed by atoms with van der Waals surface area (Å²) in [6, 6.07) is 1.35. The van der Waals surface area contributed by atoms with Crippen molar-refractivity contribution in [3.8, 4) is 0 Å². The minimum Gasteiger partial charge on any atom is -0.291 e. The lowest BCUT2D eigenvalue weighted by Crippen LogP contribution is -2.43. The van der Waals surface area contributed by atoms with Crippen LogP contribution in [-0.4, -0.2) is 32.2 Å². The first-order valence-electron chi connectivity index (χ1n) is 6.91. The van der Waals surface area contributed by atoms with Gasteiger partial charge in [0.15, 0.2) is 5.82 Å². The summed E-state index contributed by atoms with van der Waals surface area (Å²) >= 11 is 0. The molecule has 1 saturated carbocycles. The molecule has 4 nitrogen and oxygen atoms in total. The number of H-pyrrole nitrogens is 1. The fourth-order valence-electron chi connectivity index (χ4n) is 2.86. The van der Waals surface area contributed by atoms with Crippen LogP contribution in [-0.2, 0) is 6.54 Å². The summed E-state index contributed by atoms with van der Waals surface area (Å²) in [7, 11) is 0. The van der Waals surface area contributed by atoms with Crippen LogP contribution in [0.1, 0.15) is 63.5 Å². The SMILES string of the molecule is C[C@@H]1CCC[C@H](C)N1Cc1nc(C2CC2)n[nH]1. The van der Waals surface area contributed by atoms with Crippen molar-refractivity contribution in [2.45, 2.75) is 70.5 Å². The number of aromatic amines is 1. The monoisotopic (exact) mass is 234 g/mol. The molecule has 4 heteroatoms. The average molecular weight is 234 g/mol. The van der Waals surface area contributed by atoms with Crippen molar-refractivity contribution in [3.05, 3.63) is 11.6 Å². The summed E-state index contributed by atoms with van der Waals surface area (Å²) < 4.78 is 0. The van der Waals surface area contributed by atoms with Crippen LogP contribution in [0.25, 0.3) is 0 Å². The highest BCUT2D eigenvalue weighted by Gasteiger charge is 2.29. The zero-order valence-electron chi connectivity index (χ0n) is 10.8. The van der Waals surface area contributed by atoms with E-state index in [9.17, 15) is 0 Å². The fraction of sp³-hybridized carbons (Fsp3) is 0.846. The van der Waals surface area contributed by atoms with E-state index in [-0.39, 0.29) is 0 Å². The van der Waals surface area contributed by atoms with Crippen molar-refractivity contribution in [1.29, 1.82) is 0 Å². The quantitative estimate of drug-likeness (QED) is 0.873. The molecule has 3 rings (SSSR count). The molecular weight excluding hydrogens is 212 g/mol. The molecular formula is C13H22N4. The first kappa shape index (κ1) is 11.2. The second-order valence-corrected chi connectivity index (χ2v) is 5.72. The Labute approximate surface area is 103 Å². The largest absolute Gasteiger partial charge is 0.291 e. The van der Waals surface area contributed by atoms with Crippen molar-refractivity contribution in [2.75, 3.05) is 0 Å². The number of aromatic nitrogens is 3. The van der Waals surface area contributed by atoms with Gasteiger partial charge in [-0.15, -0.1) is 0 Å². The Bertz CT molecular complexity index is 373. The molecule has 17 heavy (non-hydrogen) atoms. The van der Waals surface area contributed by atoms with E-state index in [2.05, 4.69) is 33.9 Å². The number of nitrogens with zero attached hydrogens (tertiary/aromatic N) is 3. The van der Waals surface area contributed by atoms with Gasteiger partial charge in [-0.2, -0.15) is 5.10 Å². The lowest BCUT2D eigenvalue weighted by atomic mass is 9.98. The van der Waals surface area contributed by atoms with Gasteiger partial charge >= 0.3 is 0 Å². The molecule has 2 heterocycles. The Morgan fingerprint density at radius 1 is 1.18 bits per heavy atom. The van der Waals surface area contributed by atoms with Crippen molar-refractivity contribution >= 4 is 0 Å². The highest BCUT2D eigenvalue weighted by molar-refractivity contribution is 5.05. The molecule has 1 aliphatic heterocycles. The first-order chi connectivity index (χ1) is 8.24. The van der Waals surface area contributed by atoms with Gasteiger partial charge in [0.2, 0.25) is 0 Å². The third-order valence-electron chi connectivity index (χ3n) is 4.20. The molecule has 0 unspecified atom stereocenters. The van der Waals surface area contributed by atoms with E-state index in [1.807, 2.05) is 0 Å². The maximum absolute atomic E-state index is 4.63. The molecule has 1 aromatic rings. The van der Waals surface area contributed by atoms with E-state index in [1.54, 1.807) is 0 Å². The summed E-state index contributed by atoms with van der Waals surface area (Å²) in [5.41, 5.74) is 0. The van der Waals surface area contributed by atoms with Gasteiger partial charge in [0.05, 0.1) is 6.54 Å². The number of likely N-dealkylation sites (tertiary alicyclic amines) is 1. The molecule has 94 valence electrons. The Balaban J connectivity index is 1.67. The maximum Gasteiger partial charge on any atom is 0.153 e. The number of hydrogen-bond acceptors (Lipinski definition) is 3. The van der Waals surface area contributed by atoms with Crippen molar-refractivity contribution in [2.24, 2.45) is 0 Å². The summed E-state index contributed by atoms with van der Waals surface area (Å²) in [5, 5.41) is 7.44. The van der Waals surface area contributed by atoms with Gasteiger partial charge in [0.1, 0.15) is 5.82 Å². The van der Waals surface area contributed by atoms with Gasteiger partial charge < -0.3 is 0 Å². The molecule has 1 N–H and O–H groups in total. The van der Waals surface area contributed by atoms with Crippen LogP contribution in [0.4, 0.5) is 0 Å². The van der Waals surface area contributed by atoms with Crippen molar-refractivity contribution in [3.63, 3.8) is 0 Å². The molecule has 1 saturated heterocycles. The number of nitrogens with one attached hydrogen (secondary N) is 1. The van der Waals surface area contributed by atoms with E-state index in [1.165, 1.54) is 32.1 Å². The number of piperidine rings is 1. The molecule has 1 aliphatic carbocycles. The van der Waals surface area contributed by atoms with Gasteiger partial charge in [-0.3, -0.25) is 10.00 Å². The predicted octanol–water partition coefficient (Wildman–Crippen LogP) is 2.45. The van der Waals surface area contributed by atoms with Crippen LogP contribution in [0, 0.1) is 0 Å². The van der Waals surface area contributed by atoms with Crippen LogP contribution in [0.5, 0.6) is 0 Å². The van der Waals surface area contributed by atoms with Gasteiger partial charge in [-0.25, -0.2) is 4.98 Å². The number of rotatable bonds is 3. The normalized spacial score (nSPS) is 30.7. The van der Waals surface area contributed by atoms with E-state index < -0.39 is 0 Å². The highest BCUT2D eigenvalue weighted by atomic mass is 15.3.